The van der Waals surface area contributed by atoms with Gasteiger partial charge in [-0.2, -0.15) is 11.8 Å². The minimum Gasteiger partial charge on any atom is -0.346 e. The molecule has 0 radical (unpaired) electrons. The second-order valence-electron chi connectivity index (χ2n) is 6.01. The van der Waals surface area contributed by atoms with E-state index in [4.69, 9.17) is 0 Å². The molecule has 4 nitrogen and oxygen atoms in total. The molecule has 6 heteroatoms. The van der Waals surface area contributed by atoms with Gasteiger partial charge in [-0.05, 0) is 49.3 Å². The fraction of sp³-hybridized carbons (Fsp3) is 0.444. The normalized spacial score (nSPS) is 17.6. The van der Waals surface area contributed by atoms with Crippen molar-refractivity contribution in [2.45, 2.75) is 31.1 Å². The van der Waals surface area contributed by atoms with Gasteiger partial charge in [0.25, 0.3) is 5.91 Å². The lowest BCUT2D eigenvalue weighted by Gasteiger charge is -2.23. The summed E-state index contributed by atoms with van der Waals surface area (Å²) in [7, 11) is 0. The molecule has 1 aliphatic heterocycles. The minimum absolute atomic E-state index is 0.0391. The molecule has 128 valence electrons. The Kier molecular flexibility index (Phi) is 6.29. The van der Waals surface area contributed by atoms with Crippen LogP contribution in [0.2, 0.25) is 0 Å². The molecule has 1 saturated heterocycles. The molecule has 1 aromatic carbocycles. The van der Waals surface area contributed by atoms with Crippen LogP contribution in [0.5, 0.6) is 0 Å². The number of benzene rings is 1. The molecule has 1 atom stereocenters. The van der Waals surface area contributed by atoms with Crippen LogP contribution in [0, 0.1) is 0 Å². The SMILES string of the molecule is CSCc1nc(CNC(=O)c2ccc(C3CCCNC3)cc2)cs1. The molecular formula is C18H23N3OS2. The van der Waals surface area contributed by atoms with Gasteiger partial charge in [0, 0.05) is 23.2 Å². The van der Waals surface area contributed by atoms with Crippen molar-refractivity contribution in [2.75, 3.05) is 19.3 Å². The van der Waals surface area contributed by atoms with Crippen LogP contribution in [-0.4, -0.2) is 30.2 Å². The van der Waals surface area contributed by atoms with Crippen molar-refractivity contribution >= 4 is 29.0 Å². The van der Waals surface area contributed by atoms with E-state index >= 15 is 0 Å². The lowest BCUT2D eigenvalue weighted by atomic mass is 9.91. The van der Waals surface area contributed by atoms with Crippen LogP contribution < -0.4 is 10.6 Å². The third-order valence-electron chi connectivity index (χ3n) is 4.24. The molecule has 3 rings (SSSR count). The van der Waals surface area contributed by atoms with Crippen molar-refractivity contribution in [3.63, 3.8) is 0 Å². The molecule has 24 heavy (non-hydrogen) atoms. The van der Waals surface area contributed by atoms with Gasteiger partial charge >= 0.3 is 0 Å². The van der Waals surface area contributed by atoms with Gasteiger partial charge in [-0.25, -0.2) is 4.98 Å². The van der Waals surface area contributed by atoms with Gasteiger partial charge in [0.05, 0.1) is 12.2 Å². The van der Waals surface area contributed by atoms with Crippen LogP contribution in [0.25, 0.3) is 0 Å². The van der Waals surface area contributed by atoms with Gasteiger partial charge < -0.3 is 10.6 Å². The van der Waals surface area contributed by atoms with Crippen LogP contribution in [0.1, 0.15) is 45.4 Å². The molecule has 1 aromatic heterocycles. The van der Waals surface area contributed by atoms with Crippen LogP contribution in [0.4, 0.5) is 0 Å². The molecule has 0 spiro atoms. The third kappa shape index (κ3) is 4.59. The number of thiazole rings is 1. The number of nitrogens with zero attached hydrogens (tertiary/aromatic N) is 1. The summed E-state index contributed by atoms with van der Waals surface area (Å²) in [5, 5.41) is 9.52. The first-order valence-corrected chi connectivity index (χ1v) is 10.5. The highest BCUT2D eigenvalue weighted by atomic mass is 32.2. The second kappa shape index (κ2) is 8.65. The van der Waals surface area contributed by atoms with Crippen molar-refractivity contribution in [3.8, 4) is 0 Å². The Morgan fingerprint density at radius 2 is 2.25 bits per heavy atom. The van der Waals surface area contributed by atoms with Crippen molar-refractivity contribution in [3.05, 3.63) is 51.5 Å². The van der Waals surface area contributed by atoms with E-state index in [0.29, 0.717) is 18.0 Å². The average molecular weight is 362 g/mol. The maximum absolute atomic E-state index is 12.3. The van der Waals surface area contributed by atoms with Crippen molar-refractivity contribution in [1.82, 2.24) is 15.6 Å². The Bertz CT molecular complexity index is 663. The Morgan fingerprint density at radius 1 is 1.42 bits per heavy atom. The van der Waals surface area contributed by atoms with Crippen molar-refractivity contribution in [1.29, 1.82) is 0 Å². The zero-order chi connectivity index (χ0) is 16.8. The number of carbonyl (C=O) groups is 1. The van der Waals surface area contributed by atoms with Crippen LogP contribution in [0.3, 0.4) is 0 Å². The van der Waals surface area contributed by atoms with E-state index in [0.717, 1.165) is 29.5 Å². The Hall–Kier alpha value is -1.37. The molecule has 1 unspecified atom stereocenters. The van der Waals surface area contributed by atoms with E-state index in [2.05, 4.69) is 34.0 Å². The summed E-state index contributed by atoms with van der Waals surface area (Å²) in [4.78, 5) is 16.8. The number of carbonyl (C=O) groups excluding carboxylic acids is 1. The van der Waals surface area contributed by atoms with E-state index < -0.39 is 0 Å². The molecular weight excluding hydrogens is 338 g/mol. The molecule has 0 aliphatic carbocycles. The highest BCUT2D eigenvalue weighted by Crippen LogP contribution is 2.23. The number of rotatable bonds is 6. The molecule has 2 N–H and O–H groups in total. The second-order valence-corrected chi connectivity index (χ2v) is 7.82. The molecule has 0 bridgehead atoms. The summed E-state index contributed by atoms with van der Waals surface area (Å²) in [6.07, 6.45) is 4.51. The number of nitrogens with one attached hydrogen (secondary N) is 2. The number of amides is 1. The lowest BCUT2D eigenvalue weighted by Crippen LogP contribution is -2.28. The average Bonchev–Trinajstić information content (AvgIpc) is 3.08. The molecule has 2 heterocycles. The van der Waals surface area contributed by atoms with E-state index in [9.17, 15) is 4.79 Å². The van der Waals surface area contributed by atoms with Crippen molar-refractivity contribution in [2.24, 2.45) is 0 Å². The monoisotopic (exact) mass is 361 g/mol. The Labute approximate surface area is 151 Å². The van der Waals surface area contributed by atoms with Gasteiger partial charge in [0.15, 0.2) is 0 Å². The zero-order valence-electron chi connectivity index (χ0n) is 13.9. The van der Waals surface area contributed by atoms with Gasteiger partial charge in [-0.15, -0.1) is 11.3 Å². The highest BCUT2D eigenvalue weighted by molar-refractivity contribution is 7.97. The van der Waals surface area contributed by atoms with Gasteiger partial charge in [-0.1, -0.05) is 12.1 Å². The Balaban J connectivity index is 1.54. The molecule has 1 fully saturated rings. The van der Waals surface area contributed by atoms with Crippen LogP contribution in [-0.2, 0) is 12.3 Å². The first-order chi connectivity index (χ1) is 11.8. The largest absolute Gasteiger partial charge is 0.346 e. The fourth-order valence-corrected chi connectivity index (χ4v) is 4.45. The molecule has 1 amide bonds. The fourth-order valence-electron chi connectivity index (χ4n) is 2.94. The molecule has 1 aliphatic rings. The third-order valence-corrected chi connectivity index (χ3v) is 5.88. The summed E-state index contributed by atoms with van der Waals surface area (Å²) in [6, 6.07) is 8.04. The summed E-state index contributed by atoms with van der Waals surface area (Å²) in [5.74, 6) is 1.46. The van der Waals surface area contributed by atoms with Crippen molar-refractivity contribution < 1.29 is 4.79 Å². The van der Waals surface area contributed by atoms with E-state index in [-0.39, 0.29) is 5.91 Å². The lowest BCUT2D eigenvalue weighted by molar-refractivity contribution is 0.0950. The number of piperidine rings is 1. The molecule has 0 saturated carbocycles. The van der Waals surface area contributed by atoms with E-state index in [1.807, 2.05) is 17.5 Å². The topological polar surface area (TPSA) is 54.0 Å². The standard InChI is InChI=1S/C18H23N3OS2/c1-23-12-17-21-16(11-24-17)10-20-18(22)14-6-4-13(5-7-14)15-3-2-8-19-9-15/h4-7,11,15,19H,2-3,8-10,12H2,1H3,(H,20,22). The first kappa shape index (κ1) is 17.5. The highest BCUT2D eigenvalue weighted by Gasteiger charge is 2.15. The quantitative estimate of drug-likeness (QED) is 0.828. The maximum atomic E-state index is 12.3. The summed E-state index contributed by atoms with van der Waals surface area (Å²) in [5.41, 5.74) is 2.96. The minimum atomic E-state index is -0.0391. The van der Waals surface area contributed by atoms with Crippen LogP contribution in [0.15, 0.2) is 29.6 Å². The zero-order valence-corrected chi connectivity index (χ0v) is 15.5. The predicted octanol–water partition coefficient (Wildman–Crippen LogP) is 3.40. The maximum Gasteiger partial charge on any atom is 0.251 e. The van der Waals surface area contributed by atoms with Gasteiger partial charge in [0.2, 0.25) is 0 Å². The number of hydrogen-bond acceptors (Lipinski definition) is 5. The van der Waals surface area contributed by atoms with Crippen LogP contribution >= 0.6 is 23.1 Å². The van der Waals surface area contributed by atoms with Gasteiger partial charge in [0.1, 0.15) is 5.01 Å². The Morgan fingerprint density at radius 3 is 2.96 bits per heavy atom. The first-order valence-electron chi connectivity index (χ1n) is 8.27. The summed E-state index contributed by atoms with van der Waals surface area (Å²) < 4.78 is 0. The number of hydrogen-bond donors (Lipinski definition) is 2. The van der Waals surface area contributed by atoms with E-state index in [1.165, 1.54) is 18.4 Å². The van der Waals surface area contributed by atoms with Gasteiger partial charge in [-0.3, -0.25) is 4.79 Å². The summed E-state index contributed by atoms with van der Waals surface area (Å²) >= 11 is 3.41. The smallest absolute Gasteiger partial charge is 0.251 e. The van der Waals surface area contributed by atoms with E-state index in [1.54, 1.807) is 23.1 Å². The summed E-state index contributed by atoms with van der Waals surface area (Å²) in [6.45, 7) is 2.64. The predicted molar refractivity (Wildman–Crippen MR) is 102 cm³/mol. The number of thioether (sulfide) groups is 1. The molecule has 2 aromatic rings. The number of aromatic nitrogens is 1.